The molecule has 2 atom stereocenters. The quantitative estimate of drug-likeness (QED) is 0.795. The summed E-state index contributed by atoms with van der Waals surface area (Å²) < 4.78 is 0. The summed E-state index contributed by atoms with van der Waals surface area (Å²) in [6.07, 6.45) is 0.622. The molecule has 1 saturated carbocycles. The van der Waals surface area contributed by atoms with Gasteiger partial charge >= 0.3 is 5.97 Å². The largest absolute Gasteiger partial charge is 0.481 e. The van der Waals surface area contributed by atoms with Gasteiger partial charge in [0.1, 0.15) is 0 Å². The molecule has 0 saturated heterocycles. The number of anilines is 2. The Balaban J connectivity index is 1.91. The van der Waals surface area contributed by atoms with E-state index in [9.17, 15) is 9.59 Å². The zero-order valence-electron chi connectivity index (χ0n) is 9.09. The summed E-state index contributed by atoms with van der Waals surface area (Å²) in [7, 11) is 0. The van der Waals surface area contributed by atoms with Crippen LogP contribution in [-0.4, -0.2) is 29.6 Å². The van der Waals surface area contributed by atoms with Crippen LogP contribution < -0.4 is 10.2 Å². The van der Waals surface area contributed by atoms with E-state index in [4.69, 9.17) is 5.11 Å². The van der Waals surface area contributed by atoms with E-state index in [-0.39, 0.29) is 24.4 Å². The summed E-state index contributed by atoms with van der Waals surface area (Å²) in [5.74, 6) is -1.20. The molecule has 1 fully saturated rings. The zero-order chi connectivity index (χ0) is 12.0. The molecule has 1 aliphatic heterocycles. The summed E-state index contributed by atoms with van der Waals surface area (Å²) in [4.78, 5) is 24.3. The van der Waals surface area contributed by atoms with Crippen molar-refractivity contribution in [1.29, 1.82) is 0 Å². The zero-order valence-corrected chi connectivity index (χ0v) is 9.09. The number of carbonyl (C=O) groups excluding carboxylic acids is 1. The number of amides is 1. The molecule has 5 nitrogen and oxygen atoms in total. The lowest BCUT2D eigenvalue weighted by Gasteiger charge is -2.31. The first-order valence-corrected chi connectivity index (χ1v) is 5.55. The van der Waals surface area contributed by atoms with Crippen LogP contribution in [0.5, 0.6) is 0 Å². The number of carboxylic acids is 1. The summed E-state index contributed by atoms with van der Waals surface area (Å²) >= 11 is 0. The molecule has 1 amide bonds. The first-order chi connectivity index (χ1) is 8.16. The van der Waals surface area contributed by atoms with Gasteiger partial charge in [-0.3, -0.25) is 9.59 Å². The molecule has 3 rings (SSSR count). The van der Waals surface area contributed by atoms with Gasteiger partial charge in [0.2, 0.25) is 5.91 Å². The van der Waals surface area contributed by atoms with Crippen LogP contribution >= 0.6 is 0 Å². The van der Waals surface area contributed by atoms with Gasteiger partial charge < -0.3 is 15.3 Å². The van der Waals surface area contributed by atoms with Crippen molar-refractivity contribution in [2.45, 2.75) is 12.5 Å². The van der Waals surface area contributed by atoms with Gasteiger partial charge in [0.25, 0.3) is 0 Å². The lowest BCUT2D eigenvalue weighted by atomic mass is 10.2. The Bertz CT molecular complexity index is 500. The number of nitrogens with one attached hydrogen (secondary N) is 1. The predicted octanol–water partition coefficient (Wildman–Crippen LogP) is 0.918. The molecule has 1 aromatic rings. The highest BCUT2D eigenvalue weighted by molar-refractivity contribution is 6.01. The van der Waals surface area contributed by atoms with Crippen molar-refractivity contribution in [2.24, 2.45) is 5.92 Å². The van der Waals surface area contributed by atoms with Gasteiger partial charge in [0, 0.05) is 6.04 Å². The van der Waals surface area contributed by atoms with Crippen LogP contribution in [0.15, 0.2) is 24.3 Å². The number of rotatable bonds is 2. The van der Waals surface area contributed by atoms with Gasteiger partial charge in [-0.15, -0.1) is 0 Å². The highest BCUT2D eigenvalue weighted by atomic mass is 16.4. The Labute approximate surface area is 98.0 Å². The third-order valence-electron chi connectivity index (χ3n) is 3.28. The van der Waals surface area contributed by atoms with Crippen molar-refractivity contribution in [3.63, 3.8) is 0 Å². The van der Waals surface area contributed by atoms with E-state index in [1.807, 2.05) is 29.2 Å². The van der Waals surface area contributed by atoms with Crippen LogP contribution in [0.2, 0.25) is 0 Å². The van der Waals surface area contributed by atoms with Crippen LogP contribution in [0, 0.1) is 5.92 Å². The highest BCUT2D eigenvalue weighted by Gasteiger charge is 2.48. The smallest absolute Gasteiger partial charge is 0.308 e. The van der Waals surface area contributed by atoms with Gasteiger partial charge in [-0.1, -0.05) is 12.1 Å². The number of fused-ring (bicyclic) bond motifs is 1. The molecule has 2 unspecified atom stereocenters. The molecule has 2 N–H and O–H groups in total. The predicted molar refractivity (Wildman–Crippen MR) is 61.9 cm³/mol. The number of aliphatic carboxylic acids is 1. The molecule has 0 bridgehead atoms. The third kappa shape index (κ3) is 1.63. The van der Waals surface area contributed by atoms with Crippen molar-refractivity contribution in [3.8, 4) is 0 Å². The first-order valence-electron chi connectivity index (χ1n) is 5.55. The van der Waals surface area contributed by atoms with Crippen molar-refractivity contribution < 1.29 is 14.7 Å². The molecule has 0 radical (unpaired) electrons. The second-order valence-corrected chi connectivity index (χ2v) is 4.44. The third-order valence-corrected chi connectivity index (χ3v) is 3.28. The lowest BCUT2D eigenvalue weighted by molar-refractivity contribution is -0.138. The average molecular weight is 232 g/mol. The van der Waals surface area contributed by atoms with Crippen LogP contribution in [-0.2, 0) is 9.59 Å². The molecule has 88 valence electrons. The van der Waals surface area contributed by atoms with Crippen LogP contribution in [0.25, 0.3) is 0 Å². The van der Waals surface area contributed by atoms with E-state index in [2.05, 4.69) is 5.32 Å². The molecule has 17 heavy (non-hydrogen) atoms. The fourth-order valence-corrected chi connectivity index (χ4v) is 2.35. The Hall–Kier alpha value is -2.04. The maximum atomic E-state index is 11.5. The van der Waals surface area contributed by atoms with Crippen LogP contribution in [0.4, 0.5) is 11.4 Å². The Kier molecular flexibility index (Phi) is 2.07. The number of hydrogen-bond donors (Lipinski definition) is 2. The topological polar surface area (TPSA) is 69.6 Å². The lowest BCUT2D eigenvalue weighted by Crippen LogP contribution is -2.40. The standard InChI is InChI=1S/C12H12N2O3/c15-11-6-14(10-5-7(10)12(16)17)9-4-2-1-3-8(9)13-11/h1-4,7,10H,5-6H2,(H,13,15)(H,16,17). The maximum absolute atomic E-state index is 11.5. The van der Waals surface area contributed by atoms with Gasteiger partial charge in [-0.2, -0.15) is 0 Å². The van der Waals surface area contributed by atoms with Crippen molar-refractivity contribution >= 4 is 23.3 Å². The molecule has 1 heterocycles. The summed E-state index contributed by atoms with van der Waals surface area (Å²) in [5.41, 5.74) is 1.68. The fourth-order valence-electron chi connectivity index (χ4n) is 2.35. The molecule has 1 aliphatic carbocycles. The fraction of sp³-hybridized carbons (Fsp3) is 0.333. The van der Waals surface area contributed by atoms with Gasteiger partial charge in [-0.05, 0) is 18.6 Å². The molecule has 5 heteroatoms. The van der Waals surface area contributed by atoms with Crippen LogP contribution in [0.3, 0.4) is 0 Å². The summed E-state index contributed by atoms with van der Waals surface area (Å²) in [5, 5.41) is 11.7. The Morgan fingerprint density at radius 2 is 2.18 bits per heavy atom. The monoisotopic (exact) mass is 232 g/mol. The molecule has 2 aliphatic rings. The van der Waals surface area contributed by atoms with E-state index in [0.29, 0.717) is 6.42 Å². The minimum absolute atomic E-state index is 0.0419. The van der Waals surface area contributed by atoms with E-state index in [0.717, 1.165) is 11.4 Å². The molecule has 1 aromatic carbocycles. The number of hydrogen-bond acceptors (Lipinski definition) is 3. The number of benzene rings is 1. The summed E-state index contributed by atoms with van der Waals surface area (Å²) in [6, 6.07) is 7.44. The molecular weight excluding hydrogens is 220 g/mol. The number of carbonyl (C=O) groups is 2. The van der Waals surface area contributed by atoms with E-state index in [1.165, 1.54) is 0 Å². The molecular formula is C12H12N2O3. The van der Waals surface area contributed by atoms with Crippen molar-refractivity contribution in [1.82, 2.24) is 0 Å². The van der Waals surface area contributed by atoms with Crippen molar-refractivity contribution in [3.05, 3.63) is 24.3 Å². The average Bonchev–Trinajstić information content (AvgIpc) is 3.07. The minimum atomic E-state index is -0.779. The van der Waals surface area contributed by atoms with E-state index >= 15 is 0 Å². The molecule has 0 spiro atoms. The number of nitrogens with zero attached hydrogens (tertiary/aromatic N) is 1. The van der Waals surface area contributed by atoms with E-state index < -0.39 is 5.97 Å². The SMILES string of the molecule is O=C1CN(C2CC2C(=O)O)c2ccccc2N1. The van der Waals surface area contributed by atoms with Gasteiger partial charge in [0.15, 0.2) is 0 Å². The Morgan fingerprint density at radius 1 is 1.41 bits per heavy atom. The van der Waals surface area contributed by atoms with Crippen molar-refractivity contribution in [2.75, 3.05) is 16.8 Å². The second-order valence-electron chi connectivity index (χ2n) is 4.44. The highest BCUT2D eigenvalue weighted by Crippen LogP contribution is 2.42. The Morgan fingerprint density at radius 3 is 2.88 bits per heavy atom. The van der Waals surface area contributed by atoms with Crippen LogP contribution in [0.1, 0.15) is 6.42 Å². The van der Waals surface area contributed by atoms with Gasteiger partial charge in [-0.25, -0.2) is 0 Å². The number of para-hydroxylation sites is 2. The second kappa shape index (κ2) is 3.48. The maximum Gasteiger partial charge on any atom is 0.308 e. The summed E-state index contributed by atoms with van der Waals surface area (Å²) in [6.45, 7) is 0.242. The normalized spacial score (nSPS) is 26.1. The van der Waals surface area contributed by atoms with E-state index in [1.54, 1.807) is 0 Å². The number of carboxylic acid groups (broad SMARTS) is 1. The molecule has 0 aromatic heterocycles. The van der Waals surface area contributed by atoms with Gasteiger partial charge in [0.05, 0.1) is 23.8 Å². The first kappa shape index (κ1) is 10.1. The minimum Gasteiger partial charge on any atom is -0.481 e.